The van der Waals surface area contributed by atoms with E-state index in [-0.39, 0.29) is 6.61 Å². The van der Waals surface area contributed by atoms with Gasteiger partial charge in [0, 0.05) is 24.3 Å². The van der Waals surface area contributed by atoms with Crippen LogP contribution < -0.4 is 5.32 Å². The zero-order valence-corrected chi connectivity index (χ0v) is 11.1. The largest absolute Gasteiger partial charge is 0.396 e. The van der Waals surface area contributed by atoms with E-state index in [0.29, 0.717) is 11.7 Å². The van der Waals surface area contributed by atoms with Crippen molar-refractivity contribution < 1.29 is 5.11 Å². The van der Waals surface area contributed by atoms with E-state index < -0.39 is 0 Å². The Labute approximate surface area is 101 Å². The summed E-state index contributed by atoms with van der Waals surface area (Å²) in [4.78, 5) is 8.98. The predicted molar refractivity (Wildman–Crippen MR) is 68.2 cm³/mol. The van der Waals surface area contributed by atoms with Crippen molar-refractivity contribution in [3.05, 3.63) is 11.4 Å². The first-order valence-electron chi connectivity index (χ1n) is 5.40. The molecule has 0 aliphatic heterocycles. The van der Waals surface area contributed by atoms with Crippen LogP contribution in [0.15, 0.2) is 5.03 Å². The fourth-order valence-electron chi connectivity index (χ4n) is 1.30. The zero-order valence-electron chi connectivity index (χ0n) is 10.2. The standard InChI is InChI=1S/C11H19N3OS/c1-7(2)9-13-10(12-4)8(3)11(14-9)16-6-5-15/h7,15H,5-6H2,1-4H3,(H,12,13,14). The summed E-state index contributed by atoms with van der Waals surface area (Å²) in [7, 11) is 1.86. The first kappa shape index (κ1) is 13.3. The van der Waals surface area contributed by atoms with Crippen LogP contribution in [0.3, 0.4) is 0 Å². The smallest absolute Gasteiger partial charge is 0.134 e. The predicted octanol–water partition coefficient (Wildman–Crippen LogP) is 2.03. The van der Waals surface area contributed by atoms with Gasteiger partial charge in [-0.25, -0.2) is 9.97 Å². The van der Waals surface area contributed by atoms with Crippen LogP contribution in [0, 0.1) is 6.92 Å². The van der Waals surface area contributed by atoms with Crippen LogP contribution in [0.5, 0.6) is 0 Å². The lowest BCUT2D eigenvalue weighted by Gasteiger charge is -2.13. The summed E-state index contributed by atoms with van der Waals surface area (Å²) < 4.78 is 0. The second-order valence-corrected chi connectivity index (χ2v) is 4.92. The van der Waals surface area contributed by atoms with Gasteiger partial charge in [0.1, 0.15) is 16.7 Å². The lowest BCUT2D eigenvalue weighted by Crippen LogP contribution is -2.06. The van der Waals surface area contributed by atoms with Gasteiger partial charge in [-0.05, 0) is 6.92 Å². The normalized spacial score (nSPS) is 10.9. The Morgan fingerprint density at radius 2 is 2.06 bits per heavy atom. The number of nitrogens with zero attached hydrogens (tertiary/aromatic N) is 2. The highest BCUT2D eigenvalue weighted by Gasteiger charge is 2.12. The molecule has 16 heavy (non-hydrogen) atoms. The highest BCUT2D eigenvalue weighted by Crippen LogP contribution is 2.26. The first-order valence-corrected chi connectivity index (χ1v) is 6.38. The number of hydrogen-bond donors (Lipinski definition) is 2. The van der Waals surface area contributed by atoms with E-state index in [0.717, 1.165) is 22.2 Å². The molecule has 1 heterocycles. The molecule has 90 valence electrons. The second-order valence-electron chi connectivity index (χ2n) is 3.84. The second kappa shape index (κ2) is 6.06. The van der Waals surface area contributed by atoms with E-state index in [2.05, 4.69) is 29.1 Å². The highest BCUT2D eigenvalue weighted by molar-refractivity contribution is 7.99. The summed E-state index contributed by atoms with van der Waals surface area (Å²) in [5.41, 5.74) is 1.05. The van der Waals surface area contributed by atoms with Crippen molar-refractivity contribution in [3.8, 4) is 0 Å². The maximum absolute atomic E-state index is 8.84. The molecule has 0 aliphatic rings. The molecule has 0 bridgehead atoms. The minimum absolute atomic E-state index is 0.167. The Kier molecular flexibility index (Phi) is 5.02. The van der Waals surface area contributed by atoms with Gasteiger partial charge < -0.3 is 10.4 Å². The van der Waals surface area contributed by atoms with Gasteiger partial charge in [0.05, 0.1) is 6.61 Å². The monoisotopic (exact) mass is 241 g/mol. The summed E-state index contributed by atoms with van der Waals surface area (Å²) in [6, 6.07) is 0. The number of aliphatic hydroxyl groups is 1. The van der Waals surface area contributed by atoms with Gasteiger partial charge in [-0.3, -0.25) is 0 Å². The molecule has 0 atom stereocenters. The maximum atomic E-state index is 8.84. The third-order valence-corrected chi connectivity index (χ3v) is 3.26. The van der Waals surface area contributed by atoms with Gasteiger partial charge >= 0.3 is 0 Å². The van der Waals surface area contributed by atoms with Crippen LogP contribution in [0.4, 0.5) is 5.82 Å². The van der Waals surface area contributed by atoms with Crippen LogP contribution in [0.2, 0.25) is 0 Å². The molecule has 1 aromatic heterocycles. The molecule has 0 aliphatic carbocycles. The minimum atomic E-state index is 0.167. The van der Waals surface area contributed by atoms with Crippen molar-refractivity contribution in [2.75, 3.05) is 24.7 Å². The molecule has 0 saturated carbocycles. The molecule has 1 aromatic rings. The van der Waals surface area contributed by atoms with Gasteiger partial charge in [0.25, 0.3) is 0 Å². The van der Waals surface area contributed by atoms with Crippen molar-refractivity contribution in [1.82, 2.24) is 9.97 Å². The third-order valence-electron chi connectivity index (χ3n) is 2.20. The summed E-state index contributed by atoms with van der Waals surface area (Å²) in [6.45, 7) is 6.31. The Hall–Kier alpha value is -0.810. The van der Waals surface area contributed by atoms with E-state index in [4.69, 9.17) is 5.11 Å². The average molecular weight is 241 g/mol. The summed E-state index contributed by atoms with van der Waals surface area (Å²) in [5, 5.41) is 12.9. The molecule has 2 N–H and O–H groups in total. The molecule has 5 heteroatoms. The van der Waals surface area contributed by atoms with Crippen LogP contribution in [-0.2, 0) is 0 Å². The molecule has 0 radical (unpaired) electrons. The molecular weight excluding hydrogens is 222 g/mol. The van der Waals surface area contributed by atoms with Crippen molar-refractivity contribution in [1.29, 1.82) is 0 Å². The Balaban J connectivity index is 3.08. The fraction of sp³-hybridized carbons (Fsp3) is 0.636. The van der Waals surface area contributed by atoms with E-state index >= 15 is 0 Å². The topological polar surface area (TPSA) is 58.0 Å². The van der Waals surface area contributed by atoms with Gasteiger partial charge in [0.15, 0.2) is 0 Å². The van der Waals surface area contributed by atoms with Crippen LogP contribution >= 0.6 is 11.8 Å². The lowest BCUT2D eigenvalue weighted by atomic mass is 10.2. The number of aliphatic hydroxyl groups excluding tert-OH is 1. The van der Waals surface area contributed by atoms with Crippen molar-refractivity contribution in [2.45, 2.75) is 31.7 Å². The molecular formula is C11H19N3OS. The number of aromatic nitrogens is 2. The van der Waals surface area contributed by atoms with Gasteiger partial charge in [-0.1, -0.05) is 13.8 Å². The number of rotatable bonds is 5. The van der Waals surface area contributed by atoms with Gasteiger partial charge in [0.2, 0.25) is 0 Å². The molecule has 0 saturated heterocycles. The molecule has 0 spiro atoms. The summed E-state index contributed by atoms with van der Waals surface area (Å²) in [6.07, 6.45) is 0. The highest BCUT2D eigenvalue weighted by atomic mass is 32.2. The number of anilines is 1. The quantitative estimate of drug-likeness (QED) is 0.610. The molecule has 1 rings (SSSR count). The van der Waals surface area contributed by atoms with E-state index in [1.807, 2.05) is 14.0 Å². The molecule has 0 amide bonds. The summed E-state index contributed by atoms with van der Waals surface area (Å²) in [5.74, 6) is 2.69. The lowest BCUT2D eigenvalue weighted by molar-refractivity contribution is 0.322. The van der Waals surface area contributed by atoms with Gasteiger partial charge in [-0.2, -0.15) is 0 Å². The van der Waals surface area contributed by atoms with Crippen molar-refractivity contribution in [3.63, 3.8) is 0 Å². The maximum Gasteiger partial charge on any atom is 0.134 e. The van der Waals surface area contributed by atoms with E-state index in [9.17, 15) is 0 Å². The Morgan fingerprint density at radius 1 is 1.38 bits per heavy atom. The number of hydrogen-bond acceptors (Lipinski definition) is 5. The van der Waals surface area contributed by atoms with Crippen LogP contribution in [-0.4, -0.2) is 34.5 Å². The number of nitrogens with one attached hydrogen (secondary N) is 1. The molecule has 0 aromatic carbocycles. The van der Waals surface area contributed by atoms with Crippen LogP contribution in [0.1, 0.15) is 31.2 Å². The fourth-order valence-corrected chi connectivity index (χ4v) is 2.05. The van der Waals surface area contributed by atoms with E-state index in [1.54, 1.807) is 11.8 Å². The molecule has 0 fully saturated rings. The average Bonchev–Trinajstić information content (AvgIpc) is 2.27. The van der Waals surface area contributed by atoms with Crippen molar-refractivity contribution >= 4 is 17.6 Å². The molecule has 0 unspecified atom stereocenters. The zero-order chi connectivity index (χ0) is 12.1. The Bertz CT molecular complexity index is 355. The van der Waals surface area contributed by atoms with Crippen molar-refractivity contribution in [2.24, 2.45) is 0 Å². The third kappa shape index (κ3) is 3.09. The first-order chi connectivity index (χ1) is 7.60. The molecule has 4 nitrogen and oxygen atoms in total. The Morgan fingerprint density at radius 3 is 2.56 bits per heavy atom. The summed E-state index contributed by atoms with van der Waals surface area (Å²) >= 11 is 1.57. The van der Waals surface area contributed by atoms with E-state index in [1.165, 1.54) is 0 Å². The minimum Gasteiger partial charge on any atom is -0.396 e. The van der Waals surface area contributed by atoms with Gasteiger partial charge in [-0.15, -0.1) is 11.8 Å². The number of thioether (sulfide) groups is 1. The SMILES string of the molecule is CNc1nc(C(C)C)nc(SCCO)c1C. The van der Waals surface area contributed by atoms with Crippen LogP contribution in [0.25, 0.3) is 0 Å².